The van der Waals surface area contributed by atoms with Crippen molar-refractivity contribution in [3.05, 3.63) is 23.8 Å². The number of benzene rings is 1. The van der Waals surface area contributed by atoms with Gasteiger partial charge in [0, 0.05) is 6.54 Å². The minimum Gasteiger partial charge on any atom is -0.496 e. The van der Waals surface area contributed by atoms with Crippen LogP contribution in [0, 0.1) is 0 Å². The molecule has 1 aromatic carbocycles. The predicted molar refractivity (Wildman–Crippen MR) is 69.6 cm³/mol. The molecule has 0 aromatic heterocycles. The normalized spacial score (nSPS) is 19.6. The Kier molecular flexibility index (Phi) is 3.38. The Morgan fingerprint density at radius 2 is 2.17 bits per heavy atom. The zero-order valence-corrected chi connectivity index (χ0v) is 10.7. The molecule has 1 aromatic rings. The fraction of sp³-hybridized carbons (Fsp3) is 0.364. The third-order valence-electron chi connectivity index (χ3n) is 2.83. The second kappa shape index (κ2) is 4.68. The average Bonchev–Trinajstić information content (AvgIpc) is 2.68. The largest absolute Gasteiger partial charge is 0.496 e. The maximum atomic E-state index is 11.1. The van der Waals surface area contributed by atoms with Crippen LogP contribution >= 0.6 is 10.8 Å². The number of anilines is 1. The Balaban J connectivity index is 2.41. The van der Waals surface area contributed by atoms with Crippen LogP contribution in [-0.4, -0.2) is 39.6 Å². The van der Waals surface area contributed by atoms with Crippen molar-refractivity contribution in [3.8, 4) is 5.75 Å². The van der Waals surface area contributed by atoms with Gasteiger partial charge in [0.25, 0.3) is 0 Å². The lowest BCUT2D eigenvalue weighted by molar-refractivity contribution is 0.0693. The Bertz CT molecular complexity index is 477. The molecule has 1 heterocycles. The molecule has 0 atom stereocenters. The summed E-state index contributed by atoms with van der Waals surface area (Å²) in [5.41, 5.74) is 0.503. The molecule has 0 spiro atoms. The first-order valence-electron chi connectivity index (χ1n) is 5.40. The lowest BCUT2D eigenvalue weighted by atomic mass is 10.1. The van der Waals surface area contributed by atoms with Crippen molar-refractivity contribution in [3.63, 3.8) is 0 Å². The van der Waals surface area contributed by atoms with Crippen molar-refractivity contribution < 1.29 is 23.7 Å². The maximum Gasteiger partial charge on any atom is 0.339 e. The van der Waals surface area contributed by atoms with Crippen LogP contribution in [0.5, 0.6) is 5.75 Å². The van der Waals surface area contributed by atoms with Gasteiger partial charge in [-0.1, -0.05) is 0 Å². The van der Waals surface area contributed by atoms with Gasteiger partial charge < -0.3 is 9.84 Å². The fourth-order valence-corrected chi connectivity index (χ4v) is 3.58. The molecule has 6 nitrogen and oxygen atoms in total. The van der Waals surface area contributed by atoms with Gasteiger partial charge in [-0.15, -0.1) is 10.8 Å². The van der Waals surface area contributed by atoms with Gasteiger partial charge in [-0.05, 0) is 24.6 Å². The molecule has 1 aliphatic heterocycles. The van der Waals surface area contributed by atoms with Crippen molar-refractivity contribution >= 4 is 22.4 Å². The van der Waals surface area contributed by atoms with Gasteiger partial charge in [0.1, 0.15) is 11.3 Å². The average molecular weight is 273 g/mol. The minimum absolute atomic E-state index is 0.0112. The lowest BCUT2D eigenvalue weighted by Gasteiger charge is -2.38. The highest BCUT2D eigenvalue weighted by molar-refractivity contribution is 8.25. The number of carboxylic acid groups (broad SMARTS) is 1. The summed E-state index contributed by atoms with van der Waals surface area (Å²) in [5.74, 6) is -0.534. The van der Waals surface area contributed by atoms with E-state index in [4.69, 9.17) is 9.84 Å². The van der Waals surface area contributed by atoms with Crippen LogP contribution in [0.25, 0.3) is 0 Å². The molecule has 0 aliphatic carbocycles. The molecule has 7 heteroatoms. The Hall–Kier alpha value is -1.44. The molecule has 1 saturated heterocycles. The maximum absolute atomic E-state index is 11.1. The quantitative estimate of drug-likeness (QED) is 0.782. The Labute approximate surface area is 106 Å². The van der Waals surface area contributed by atoms with Crippen LogP contribution in [0.4, 0.5) is 5.69 Å². The lowest BCUT2D eigenvalue weighted by Crippen LogP contribution is -2.22. The van der Waals surface area contributed by atoms with E-state index in [1.807, 2.05) is 0 Å². The molecule has 2 rings (SSSR count). The number of hydrogen-bond acceptors (Lipinski definition) is 5. The smallest absolute Gasteiger partial charge is 0.339 e. The number of hydrogen-bond donors (Lipinski definition) is 3. The summed E-state index contributed by atoms with van der Waals surface area (Å²) in [6.45, 7) is 0.508. The van der Waals surface area contributed by atoms with E-state index in [-0.39, 0.29) is 11.3 Å². The number of rotatable bonds is 3. The van der Waals surface area contributed by atoms with Gasteiger partial charge in [0.05, 0.1) is 18.6 Å². The van der Waals surface area contributed by atoms with Crippen molar-refractivity contribution in [1.29, 1.82) is 0 Å². The van der Waals surface area contributed by atoms with Gasteiger partial charge in [0.15, 0.2) is 0 Å². The van der Waals surface area contributed by atoms with Gasteiger partial charge in [-0.3, -0.25) is 13.4 Å². The summed E-state index contributed by atoms with van der Waals surface area (Å²) >= 11 is 0. The first-order valence-corrected chi connectivity index (χ1v) is 7.08. The molecular weight excluding hydrogens is 258 g/mol. The number of carbonyl (C=O) groups is 1. The third-order valence-corrected chi connectivity index (χ3v) is 4.77. The molecule has 18 heavy (non-hydrogen) atoms. The van der Waals surface area contributed by atoms with Crippen LogP contribution in [0.3, 0.4) is 0 Å². The summed E-state index contributed by atoms with van der Waals surface area (Å²) < 4.78 is 26.1. The number of nitrogens with zero attached hydrogens (tertiary/aromatic N) is 1. The van der Waals surface area contributed by atoms with E-state index in [9.17, 15) is 13.9 Å². The fourth-order valence-electron chi connectivity index (χ4n) is 1.97. The number of carboxylic acids is 1. The van der Waals surface area contributed by atoms with Crippen LogP contribution in [-0.2, 0) is 0 Å². The van der Waals surface area contributed by atoms with Gasteiger partial charge >= 0.3 is 5.97 Å². The van der Waals surface area contributed by atoms with E-state index in [1.54, 1.807) is 6.07 Å². The van der Waals surface area contributed by atoms with Crippen molar-refractivity contribution in [1.82, 2.24) is 0 Å². The van der Waals surface area contributed by atoms with Crippen molar-refractivity contribution in [2.45, 2.75) is 6.42 Å². The standard InChI is InChI=1S/C11H15NO5S/c1-17-10-4-3-8(7-9(10)11(13)14)12-5-2-6-18(12,15)16/h3-4,7,15-16H,2,5-6H2,1H3,(H,13,14). The minimum atomic E-state index is -2.80. The molecule has 0 saturated carbocycles. The van der Waals surface area contributed by atoms with Crippen LogP contribution in [0.1, 0.15) is 16.8 Å². The summed E-state index contributed by atoms with van der Waals surface area (Å²) in [6.07, 6.45) is 0.677. The summed E-state index contributed by atoms with van der Waals surface area (Å²) in [6, 6.07) is 4.55. The van der Waals surface area contributed by atoms with Crippen molar-refractivity contribution in [2.75, 3.05) is 23.7 Å². The highest BCUT2D eigenvalue weighted by Crippen LogP contribution is 2.51. The number of ether oxygens (including phenoxy) is 1. The molecule has 0 radical (unpaired) electrons. The molecule has 0 amide bonds. The molecule has 0 unspecified atom stereocenters. The number of methoxy groups -OCH3 is 1. The van der Waals surface area contributed by atoms with E-state index in [0.717, 1.165) is 0 Å². The highest BCUT2D eigenvalue weighted by Gasteiger charge is 2.29. The molecule has 1 fully saturated rings. The van der Waals surface area contributed by atoms with Gasteiger partial charge in [0.2, 0.25) is 0 Å². The summed E-state index contributed by atoms with van der Waals surface area (Å²) in [4.78, 5) is 11.1. The van der Waals surface area contributed by atoms with E-state index >= 15 is 0 Å². The topological polar surface area (TPSA) is 90.2 Å². The number of aromatic carboxylic acids is 1. The highest BCUT2D eigenvalue weighted by atomic mass is 32.3. The molecule has 3 N–H and O–H groups in total. The second-order valence-electron chi connectivity index (χ2n) is 3.98. The first-order chi connectivity index (χ1) is 8.45. The molecule has 1 aliphatic rings. The van der Waals surface area contributed by atoms with E-state index in [0.29, 0.717) is 24.4 Å². The summed E-state index contributed by atoms with van der Waals surface area (Å²) in [7, 11) is -1.41. The second-order valence-corrected chi connectivity index (χ2v) is 6.10. The monoisotopic (exact) mass is 273 g/mol. The molecule has 100 valence electrons. The molecule has 0 bridgehead atoms. The van der Waals surface area contributed by atoms with Crippen molar-refractivity contribution in [2.24, 2.45) is 0 Å². The van der Waals surface area contributed by atoms with Gasteiger partial charge in [-0.2, -0.15) is 0 Å². The van der Waals surface area contributed by atoms with E-state index in [1.165, 1.54) is 23.5 Å². The Morgan fingerprint density at radius 3 is 2.67 bits per heavy atom. The first kappa shape index (κ1) is 13.0. The summed E-state index contributed by atoms with van der Waals surface area (Å²) in [5, 5.41) is 9.08. The van der Waals surface area contributed by atoms with Crippen LogP contribution in [0.15, 0.2) is 18.2 Å². The SMILES string of the molecule is COc1ccc(N2CCCS2(O)O)cc1C(=O)O. The van der Waals surface area contributed by atoms with Crippen LogP contribution in [0.2, 0.25) is 0 Å². The molecular formula is C11H15NO5S. The van der Waals surface area contributed by atoms with E-state index in [2.05, 4.69) is 0 Å². The predicted octanol–water partition coefficient (Wildman–Crippen LogP) is 2.27. The van der Waals surface area contributed by atoms with Crippen LogP contribution < -0.4 is 9.04 Å². The van der Waals surface area contributed by atoms with Gasteiger partial charge in [-0.25, -0.2) is 4.79 Å². The zero-order valence-electron chi connectivity index (χ0n) is 9.87. The van der Waals surface area contributed by atoms with E-state index < -0.39 is 16.7 Å². The zero-order chi connectivity index (χ0) is 13.3. The third kappa shape index (κ3) is 2.24. The Morgan fingerprint density at radius 1 is 1.44 bits per heavy atom.